The van der Waals surface area contributed by atoms with Gasteiger partial charge in [-0.3, -0.25) is 18.6 Å². The van der Waals surface area contributed by atoms with Crippen molar-refractivity contribution in [1.29, 1.82) is 0 Å². The van der Waals surface area contributed by atoms with Gasteiger partial charge in [0.05, 0.1) is 24.7 Å². The van der Waals surface area contributed by atoms with Gasteiger partial charge in [0.2, 0.25) is 11.8 Å². The molecule has 1 aliphatic carbocycles. The highest BCUT2D eigenvalue weighted by atomic mass is 32.2. The van der Waals surface area contributed by atoms with E-state index in [-0.39, 0.29) is 11.8 Å². The first-order chi connectivity index (χ1) is 17.6. The molecule has 0 bridgehead atoms. The van der Waals surface area contributed by atoms with Gasteiger partial charge in [0.25, 0.3) is 0 Å². The number of carbonyl (C=O) groups excluding carboxylic acids is 2. The summed E-state index contributed by atoms with van der Waals surface area (Å²) in [6.07, 6.45) is 9.46. The van der Waals surface area contributed by atoms with Crippen LogP contribution in [0.25, 0.3) is 11.3 Å². The zero-order chi connectivity index (χ0) is 24.6. The zero-order valence-corrected chi connectivity index (χ0v) is 22.0. The lowest BCUT2D eigenvalue weighted by Gasteiger charge is -2.33. The Bertz CT molecular complexity index is 1150. The highest BCUT2D eigenvalue weighted by Gasteiger charge is 2.33. The third-order valence-electron chi connectivity index (χ3n) is 8.34. The first-order valence-electron chi connectivity index (χ1n) is 13.6. The molecule has 8 heteroatoms. The van der Waals surface area contributed by atoms with Gasteiger partial charge in [0.15, 0.2) is 0 Å². The molecule has 0 unspecified atom stereocenters. The lowest BCUT2D eigenvalue weighted by molar-refractivity contribution is -0.129. The van der Waals surface area contributed by atoms with Crippen LogP contribution in [0.4, 0.5) is 0 Å². The molecule has 7 nitrogen and oxygen atoms in total. The second-order valence-corrected chi connectivity index (χ2v) is 12.0. The van der Waals surface area contributed by atoms with E-state index in [9.17, 15) is 9.59 Å². The lowest BCUT2D eigenvalue weighted by atomic mass is 9.91. The monoisotopic (exact) mass is 508 g/mol. The van der Waals surface area contributed by atoms with E-state index in [0.717, 1.165) is 61.4 Å². The molecule has 1 saturated heterocycles. The molecule has 0 atom stereocenters. The highest BCUT2D eigenvalue weighted by Crippen LogP contribution is 2.40. The Kier molecular flexibility index (Phi) is 6.82. The predicted octanol–water partition coefficient (Wildman–Crippen LogP) is 4.67. The van der Waals surface area contributed by atoms with Crippen molar-refractivity contribution in [2.24, 2.45) is 0 Å². The van der Waals surface area contributed by atoms with Gasteiger partial charge < -0.3 is 9.64 Å². The highest BCUT2D eigenvalue weighted by molar-refractivity contribution is 7.98. The van der Waals surface area contributed by atoms with Gasteiger partial charge in [-0.1, -0.05) is 37.5 Å². The minimum Gasteiger partial charge on any atom is -0.381 e. The summed E-state index contributed by atoms with van der Waals surface area (Å²) < 4.78 is 9.86. The van der Waals surface area contributed by atoms with E-state index in [1.807, 2.05) is 9.21 Å². The van der Waals surface area contributed by atoms with Crippen molar-refractivity contribution < 1.29 is 14.3 Å². The number of rotatable bonds is 4. The number of benzene rings is 1. The molecule has 4 aliphatic rings. The van der Waals surface area contributed by atoms with Crippen molar-refractivity contribution in [2.75, 3.05) is 19.8 Å². The van der Waals surface area contributed by atoms with Crippen molar-refractivity contribution in [3.8, 4) is 11.3 Å². The van der Waals surface area contributed by atoms with Gasteiger partial charge in [-0.15, -0.1) is 0 Å². The third-order valence-corrected chi connectivity index (χ3v) is 9.70. The van der Waals surface area contributed by atoms with Gasteiger partial charge in [0.1, 0.15) is 0 Å². The Morgan fingerprint density at radius 2 is 1.86 bits per heavy atom. The summed E-state index contributed by atoms with van der Waals surface area (Å²) in [5, 5.41) is 5.78. The number of amides is 2. The van der Waals surface area contributed by atoms with E-state index >= 15 is 0 Å². The van der Waals surface area contributed by atoms with E-state index in [0.29, 0.717) is 30.8 Å². The van der Waals surface area contributed by atoms with Crippen LogP contribution >= 0.6 is 11.9 Å². The Morgan fingerprint density at radius 3 is 2.64 bits per heavy atom. The normalized spacial score (nSPS) is 21.4. The molecule has 0 spiro atoms. The number of hydrogen-bond donors (Lipinski definition) is 0. The molecule has 0 N–H and O–H groups in total. The Labute approximate surface area is 217 Å². The molecular weight excluding hydrogens is 472 g/mol. The molecule has 192 valence electrons. The first kappa shape index (κ1) is 24.0. The summed E-state index contributed by atoms with van der Waals surface area (Å²) in [5.74, 6) is 0.305. The second kappa shape index (κ2) is 10.2. The van der Waals surface area contributed by atoms with Crippen LogP contribution in [0.3, 0.4) is 0 Å². The van der Waals surface area contributed by atoms with Crippen LogP contribution < -0.4 is 0 Å². The van der Waals surface area contributed by atoms with Crippen molar-refractivity contribution in [2.45, 2.75) is 89.1 Å². The first-order valence-corrected chi connectivity index (χ1v) is 14.4. The molecule has 3 aliphatic heterocycles. The molecule has 2 aromatic rings. The molecule has 2 amide bonds. The number of ether oxygens (including phenoxy) is 1. The molecule has 0 radical (unpaired) electrons. The van der Waals surface area contributed by atoms with Crippen molar-refractivity contribution >= 4 is 23.8 Å². The topological polar surface area (TPSA) is 67.7 Å². The lowest BCUT2D eigenvalue weighted by Crippen LogP contribution is -2.35. The smallest absolute Gasteiger partial charge is 0.237 e. The molecule has 6 rings (SSSR count). The number of aromatic nitrogens is 2. The van der Waals surface area contributed by atoms with Gasteiger partial charge >= 0.3 is 0 Å². The van der Waals surface area contributed by atoms with E-state index in [1.54, 1.807) is 18.9 Å². The average Bonchev–Trinajstić information content (AvgIpc) is 3.29. The fourth-order valence-electron chi connectivity index (χ4n) is 6.30. The maximum atomic E-state index is 13.3. The van der Waals surface area contributed by atoms with Gasteiger partial charge in [-0.2, -0.15) is 5.10 Å². The van der Waals surface area contributed by atoms with E-state index in [2.05, 4.69) is 22.9 Å². The number of fused-ring (bicyclic) bond motifs is 2. The molecular formula is C28H36N4O3S. The summed E-state index contributed by atoms with van der Waals surface area (Å²) in [7, 11) is 0. The molecule has 36 heavy (non-hydrogen) atoms. The minimum atomic E-state index is 0.103. The van der Waals surface area contributed by atoms with Crippen molar-refractivity contribution in [3.05, 3.63) is 40.6 Å². The predicted molar refractivity (Wildman–Crippen MR) is 140 cm³/mol. The summed E-state index contributed by atoms with van der Waals surface area (Å²) in [6, 6.07) is 6.73. The van der Waals surface area contributed by atoms with Gasteiger partial charge in [-0.25, -0.2) is 0 Å². The van der Waals surface area contributed by atoms with Crippen LogP contribution in [0.5, 0.6) is 0 Å². The van der Waals surface area contributed by atoms with E-state index in [1.165, 1.54) is 43.4 Å². The van der Waals surface area contributed by atoms with Gasteiger partial charge in [0, 0.05) is 61.7 Å². The molecule has 1 aromatic carbocycles. The Hall–Kier alpha value is -2.32. The second-order valence-electron chi connectivity index (χ2n) is 10.7. The van der Waals surface area contributed by atoms with Crippen molar-refractivity contribution in [1.82, 2.24) is 19.0 Å². The van der Waals surface area contributed by atoms with E-state index in [4.69, 9.17) is 9.84 Å². The molecule has 2 fully saturated rings. The maximum Gasteiger partial charge on any atom is 0.237 e. The average molecular weight is 509 g/mol. The maximum absolute atomic E-state index is 13.3. The third kappa shape index (κ3) is 4.58. The summed E-state index contributed by atoms with van der Waals surface area (Å²) in [5.41, 5.74) is 6.77. The summed E-state index contributed by atoms with van der Waals surface area (Å²) in [4.78, 5) is 27.5. The fourth-order valence-corrected chi connectivity index (χ4v) is 7.60. The van der Waals surface area contributed by atoms with Crippen LogP contribution in [0.1, 0.15) is 80.3 Å². The minimum absolute atomic E-state index is 0.103. The number of hydrogen-bond acceptors (Lipinski definition) is 5. The Balaban J connectivity index is 1.35. The summed E-state index contributed by atoms with van der Waals surface area (Å²) in [6.45, 7) is 5.15. The van der Waals surface area contributed by atoms with Crippen LogP contribution in [0.15, 0.2) is 18.2 Å². The van der Waals surface area contributed by atoms with Crippen LogP contribution in [0, 0.1) is 0 Å². The molecule has 1 aromatic heterocycles. The van der Waals surface area contributed by atoms with Gasteiger partial charge in [-0.05, 0) is 48.8 Å². The SMILES string of the molecule is CC(=O)N1CCc2c(c(-c3cccc4c3CC(=O)N(SC3CCCCC3)C4)nn2C2CCOCC2)C1. The molecule has 4 heterocycles. The zero-order valence-electron chi connectivity index (χ0n) is 21.2. The standard InChI is InChI=1S/C28H36N4O3S/c1-19(33)30-13-10-26-25(18-30)28(29-32(26)21-11-14-35-15-12-21)23-9-5-6-20-17-31(27(34)16-24(20)23)36-22-7-3-2-4-8-22/h5-6,9,21-22H,2-4,7-8,10-18H2,1H3. The quantitative estimate of drug-likeness (QED) is 0.562. The van der Waals surface area contributed by atoms with Crippen molar-refractivity contribution in [3.63, 3.8) is 0 Å². The van der Waals surface area contributed by atoms with E-state index < -0.39 is 0 Å². The number of carbonyl (C=O) groups is 2. The Morgan fingerprint density at radius 1 is 1.06 bits per heavy atom. The van der Waals surface area contributed by atoms with Crippen LogP contribution in [-0.4, -0.2) is 55.8 Å². The fraction of sp³-hybridized carbons (Fsp3) is 0.607. The largest absolute Gasteiger partial charge is 0.381 e. The van der Waals surface area contributed by atoms with Crippen LogP contribution in [-0.2, 0) is 40.3 Å². The van der Waals surface area contributed by atoms with Crippen LogP contribution in [0.2, 0.25) is 0 Å². The number of nitrogens with zero attached hydrogens (tertiary/aromatic N) is 4. The molecule has 1 saturated carbocycles. The summed E-state index contributed by atoms with van der Waals surface area (Å²) >= 11 is 1.77.